The largest absolute Gasteiger partial charge is 0.491 e. The van der Waals surface area contributed by atoms with Gasteiger partial charge in [0, 0.05) is 12.2 Å². The van der Waals surface area contributed by atoms with Gasteiger partial charge in [-0.2, -0.15) is 0 Å². The summed E-state index contributed by atoms with van der Waals surface area (Å²) >= 11 is 0. The van der Waals surface area contributed by atoms with Crippen LogP contribution < -0.4 is 21.1 Å². The molecule has 2 saturated heterocycles. The third-order valence-corrected chi connectivity index (χ3v) is 9.66. The lowest BCUT2D eigenvalue weighted by molar-refractivity contribution is -0.179. The molecule has 250 valence electrons. The molecule has 0 aliphatic carbocycles. The summed E-state index contributed by atoms with van der Waals surface area (Å²) in [4.78, 5) is 56.1. The minimum Gasteiger partial charge on any atom is -0.491 e. The van der Waals surface area contributed by atoms with Crippen LogP contribution in [0.25, 0.3) is 0 Å². The first-order valence-corrected chi connectivity index (χ1v) is 15.9. The van der Waals surface area contributed by atoms with Crippen LogP contribution in [0.15, 0.2) is 103 Å². The summed E-state index contributed by atoms with van der Waals surface area (Å²) in [5.74, 6) is -3.80. The first-order valence-electron chi connectivity index (χ1n) is 15.9. The van der Waals surface area contributed by atoms with E-state index in [1.807, 2.05) is 65.6 Å². The number of cyclic esters (lactones) is 1. The summed E-state index contributed by atoms with van der Waals surface area (Å²) in [5.41, 5.74) is 6.91. The van der Waals surface area contributed by atoms with E-state index in [0.29, 0.717) is 33.7 Å². The number of nitrogens with one attached hydrogen (secondary N) is 2. The predicted molar refractivity (Wildman–Crippen MR) is 176 cm³/mol. The predicted octanol–water partition coefficient (Wildman–Crippen LogP) is 3.58. The second-order valence-electron chi connectivity index (χ2n) is 12.3. The molecular formula is C37H34N4O8. The molecule has 12 heteroatoms. The molecule has 4 aromatic carbocycles. The van der Waals surface area contributed by atoms with Gasteiger partial charge in [0.15, 0.2) is 0 Å². The molecule has 2 fully saturated rings. The lowest BCUT2D eigenvalue weighted by Gasteiger charge is -2.46. The first kappa shape index (κ1) is 31.9. The van der Waals surface area contributed by atoms with Crippen molar-refractivity contribution >= 4 is 29.6 Å². The number of aliphatic carboxylic acids is 1. The van der Waals surface area contributed by atoms with E-state index in [-0.39, 0.29) is 19.8 Å². The number of carboxylic acids is 1. The van der Waals surface area contributed by atoms with Gasteiger partial charge in [0.1, 0.15) is 35.8 Å². The Bertz CT molecular complexity index is 1900. The number of morpholine rings is 1. The summed E-state index contributed by atoms with van der Waals surface area (Å²) < 4.78 is 11.8. The van der Waals surface area contributed by atoms with Crippen LogP contribution in [-0.4, -0.2) is 58.2 Å². The van der Waals surface area contributed by atoms with Crippen molar-refractivity contribution in [3.8, 4) is 5.75 Å². The maximum absolute atomic E-state index is 14.7. The quantitative estimate of drug-likeness (QED) is 0.167. The second-order valence-corrected chi connectivity index (χ2v) is 12.3. The van der Waals surface area contributed by atoms with Crippen LogP contribution in [0.1, 0.15) is 46.0 Å². The number of fused-ring (bicyclic) bond motifs is 3. The van der Waals surface area contributed by atoms with Crippen molar-refractivity contribution in [2.24, 2.45) is 11.7 Å². The number of carbonyl (C=O) groups excluding carboxylic acids is 3. The van der Waals surface area contributed by atoms with E-state index in [4.69, 9.17) is 15.2 Å². The van der Waals surface area contributed by atoms with E-state index >= 15 is 0 Å². The number of anilines is 1. The maximum Gasteiger partial charge on any atom is 0.325 e. The smallest absolute Gasteiger partial charge is 0.325 e. The third kappa shape index (κ3) is 5.25. The fourth-order valence-electron chi connectivity index (χ4n) is 7.83. The summed E-state index contributed by atoms with van der Waals surface area (Å²) in [5, 5.41) is 25.9. The summed E-state index contributed by atoms with van der Waals surface area (Å²) in [6, 6.07) is 26.8. The van der Waals surface area contributed by atoms with Gasteiger partial charge >= 0.3 is 18.0 Å². The Balaban J connectivity index is 1.51. The number of carbonyl (C=O) groups is 4. The summed E-state index contributed by atoms with van der Waals surface area (Å²) in [6.45, 7) is -0.0838. The SMILES string of the molecule is NC(=O)NCc1ccc2c(c1)[C@]1(C(=O)N2)[C@H](c2ccc(OCCO)cc2)N2[C@H](c3ccccc3)[C@H](c3ccccc3)OC(=O)[C@H]2[C@@H]1C(=O)O. The van der Waals surface area contributed by atoms with E-state index in [0.717, 1.165) is 5.56 Å². The summed E-state index contributed by atoms with van der Waals surface area (Å²) in [7, 11) is 0. The Labute approximate surface area is 281 Å². The van der Waals surface area contributed by atoms with Gasteiger partial charge in [0.2, 0.25) is 5.91 Å². The highest BCUT2D eigenvalue weighted by Crippen LogP contribution is 2.64. The van der Waals surface area contributed by atoms with E-state index in [9.17, 15) is 29.4 Å². The Morgan fingerprint density at radius 2 is 1.57 bits per heavy atom. The zero-order valence-corrected chi connectivity index (χ0v) is 26.2. The van der Waals surface area contributed by atoms with Gasteiger partial charge in [0.25, 0.3) is 0 Å². The number of primary amides is 1. The number of benzene rings is 4. The van der Waals surface area contributed by atoms with Gasteiger partial charge in [0.05, 0.1) is 18.7 Å². The molecule has 3 aliphatic heterocycles. The molecule has 6 atom stereocenters. The van der Waals surface area contributed by atoms with Gasteiger partial charge in [-0.1, -0.05) is 84.9 Å². The van der Waals surface area contributed by atoms with Gasteiger partial charge < -0.3 is 36.1 Å². The number of amides is 3. The van der Waals surface area contributed by atoms with Gasteiger partial charge in [-0.3, -0.25) is 19.3 Å². The van der Waals surface area contributed by atoms with Crippen molar-refractivity contribution < 1.29 is 38.9 Å². The number of nitrogens with two attached hydrogens (primary N) is 1. The molecule has 49 heavy (non-hydrogen) atoms. The minimum atomic E-state index is -1.83. The van der Waals surface area contributed by atoms with Crippen molar-refractivity contribution in [3.05, 3.63) is 131 Å². The van der Waals surface area contributed by atoms with E-state index < -0.39 is 59.4 Å². The zero-order valence-electron chi connectivity index (χ0n) is 26.2. The van der Waals surface area contributed by atoms with Crippen molar-refractivity contribution in [2.45, 2.75) is 36.2 Å². The zero-order chi connectivity index (χ0) is 34.3. The molecule has 4 aromatic rings. The molecule has 3 heterocycles. The van der Waals surface area contributed by atoms with E-state index in [1.54, 1.807) is 42.5 Å². The molecule has 0 aromatic heterocycles. The third-order valence-electron chi connectivity index (χ3n) is 9.66. The average molecular weight is 663 g/mol. The van der Waals surface area contributed by atoms with Crippen molar-refractivity contribution in [1.82, 2.24) is 10.2 Å². The Kier molecular flexibility index (Phi) is 8.27. The van der Waals surface area contributed by atoms with Crippen LogP contribution in [0.2, 0.25) is 0 Å². The minimum absolute atomic E-state index is 0.0318. The Morgan fingerprint density at radius 3 is 2.20 bits per heavy atom. The van der Waals surface area contributed by atoms with Crippen LogP contribution in [0.5, 0.6) is 5.75 Å². The fourth-order valence-corrected chi connectivity index (χ4v) is 7.83. The van der Waals surface area contributed by atoms with Crippen LogP contribution >= 0.6 is 0 Å². The number of aliphatic hydroxyl groups is 1. The van der Waals surface area contributed by atoms with E-state index in [1.165, 1.54) is 0 Å². The van der Waals surface area contributed by atoms with Crippen molar-refractivity contribution in [2.75, 3.05) is 18.5 Å². The number of esters is 1. The molecule has 6 N–H and O–H groups in total. The number of urea groups is 1. The van der Waals surface area contributed by atoms with Gasteiger partial charge in [-0.15, -0.1) is 0 Å². The average Bonchev–Trinajstić information content (AvgIpc) is 3.59. The molecular weight excluding hydrogens is 628 g/mol. The molecule has 12 nitrogen and oxygen atoms in total. The molecule has 1 spiro atoms. The monoisotopic (exact) mass is 662 g/mol. The molecule has 3 aliphatic rings. The number of carboxylic acid groups (broad SMARTS) is 1. The number of hydrogen-bond acceptors (Lipinski definition) is 8. The molecule has 0 bridgehead atoms. The molecule has 7 rings (SSSR count). The van der Waals surface area contributed by atoms with Gasteiger partial charge in [-0.05, 0) is 46.0 Å². The summed E-state index contributed by atoms with van der Waals surface area (Å²) in [6.07, 6.45) is -0.846. The number of aliphatic hydroxyl groups excluding tert-OH is 1. The standard InChI is InChI=1S/C37H34N4O8/c38-36(47)39-20-21-11-16-27-26(19-21)37(35(46)40-27)28(33(43)44)30-34(45)49-31(23-9-5-2-6-10-23)29(22-7-3-1-4-8-22)41(30)32(37)24-12-14-25(15-13-24)48-18-17-42/h1-16,19,28-32,42H,17-18,20H2,(H,40,46)(H,43,44)(H3,38,39,47)/t28-,29-,30-,31+,32+,37-/m1/s1. The Morgan fingerprint density at radius 1 is 0.898 bits per heavy atom. The number of ether oxygens (including phenoxy) is 2. The van der Waals surface area contributed by atoms with Gasteiger partial charge in [-0.25, -0.2) is 4.79 Å². The molecule has 0 radical (unpaired) electrons. The number of hydrogen-bond donors (Lipinski definition) is 5. The normalized spacial score (nSPS) is 25.6. The van der Waals surface area contributed by atoms with Crippen LogP contribution in [0, 0.1) is 5.92 Å². The molecule has 3 amide bonds. The fraction of sp³-hybridized carbons (Fsp3) is 0.243. The van der Waals surface area contributed by atoms with Crippen molar-refractivity contribution in [3.63, 3.8) is 0 Å². The Hall–Kier alpha value is -5.72. The highest BCUT2D eigenvalue weighted by atomic mass is 16.6. The molecule has 0 unspecified atom stereocenters. The topological polar surface area (TPSA) is 181 Å². The first-order chi connectivity index (χ1) is 23.7. The van der Waals surface area contributed by atoms with Crippen molar-refractivity contribution in [1.29, 1.82) is 0 Å². The number of nitrogens with zero attached hydrogens (tertiary/aromatic N) is 1. The van der Waals surface area contributed by atoms with Crippen LogP contribution in [-0.2, 0) is 31.1 Å². The van der Waals surface area contributed by atoms with Crippen LogP contribution in [0.3, 0.4) is 0 Å². The van der Waals surface area contributed by atoms with Crippen LogP contribution in [0.4, 0.5) is 10.5 Å². The second kappa shape index (κ2) is 12.7. The lowest BCUT2D eigenvalue weighted by atomic mass is 9.65. The highest BCUT2D eigenvalue weighted by molar-refractivity contribution is 6.11. The lowest BCUT2D eigenvalue weighted by Crippen LogP contribution is -2.52. The molecule has 0 saturated carbocycles. The maximum atomic E-state index is 14.7. The number of rotatable bonds is 9. The van der Waals surface area contributed by atoms with E-state index in [2.05, 4.69) is 10.6 Å². The highest BCUT2D eigenvalue weighted by Gasteiger charge is 2.74.